The predicted molar refractivity (Wildman–Crippen MR) is 52.9 cm³/mol. The number of alkyl halides is 1. The molecule has 0 aliphatic heterocycles. The molecule has 0 aliphatic carbocycles. The van der Waals surface area contributed by atoms with Crippen molar-refractivity contribution in [3.05, 3.63) is 5.92 Å². The molecule has 0 saturated carbocycles. The van der Waals surface area contributed by atoms with Gasteiger partial charge in [0, 0.05) is 5.88 Å². The van der Waals surface area contributed by atoms with Crippen LogP contribution >= 0.6 is 11.6 Å². The van der Waals surface area contributed by atoms with E-state index in [9.17, 15) is 0 Å². The summed E-state index contributed by atoms with van der Waals surface area (Å²) in [5.74, 6) is 2.97. The first-order valence-corrected chi connectivity index (χ1v) is 4.91. The highest BCUT2D eigenvalue weighted by Gasteiger charge is 2.29. The van der Waals surface area contributed by atoms with Gasteiger partial charge in [0.1, 0.15) is 0 Å². The van der Waals surface area contributed by atoms with Crippen molar-refractivity contribution >= 4 is 11.6 Å². The molecule has 0 aromatic heterocycles. The highest BCUT2D eigenvalue weighted by Crippen LogP contribution is 2.37. The lowest BCUT2D eigenvalue weighted by Crippen LogP contribution is -2.27. The van der Waals surface area contributed by atoms with Crippen molar-refractivity contribution in [2.45, 2.75) is 41.0 Å². The predicted octanol–water partition coefficient (Wildman–Crippen LogP) is 3.89. The highest BCUT2D eigenvalue weighted by atomic mass is 35.5. The van der Waals surface area contributed by atoms with E-state index in [1.54, 1.807) is 5.92 Å². The molecule has 0 bridgehead atoms. The normalized spacial score (nSPS) is 13.1. The average Bonchev–Trinajstić information content (AvgIpc) is 1.88. The van der Waals surface area contributed by atoms with Crippen LogP contribution in [0.15, 0.2) is 0 Å². The first-order valence-electron chi connectivity index (χ1n) is 4.37. The van der Waals surface area contributed by atoms with Crippen LogP contribution < -0.4 is 0 Å². The fourth-order valence-electron chi connectivity index (χ4n) is 1.75. The number of hydrogen-bond donors (Lipinski definition) is 0. The summed E-state index contributed by atoms with van der Waals surface area (Å²) in [5.41, 5.74) is 0.213. The van der Waals surface area contributed by atoms with Gasteiger partial charge in [-0.15, -0.1) is 11.6 Å². The Kier molecular flexibility index (Phi) is 4.46. The third-order valence-electron chi connectivity index (χ3n) is 2.28. The smallest absolute Gasteiger partial charge is 0.0280 e. The van der Waals surface area contributed by atoms with Crippen molar-refractivity contribution < 1.29 is 0 Å². The first kappa shape index (κ1) is 11.3. The summed E-state index contributed by atoms with van der Waals surface area (Å²) in [6.07, 6.45) is 1.15. The molecule has 0 saturated heterocycles. The molecule has 0 spiro atoms. The van der Waals surface area contributed by atoms with Crippen LogP contribution in [0.25, 0.3) is 0 Å². The Balaban J connectivity index is 4.23. The van der Waals surface area contributed by atoms with E-state index in [0.29, 0.717) is 5.92 Å². The van der Waals surface area contributed by atoms with Crippen LogP contribution in [0, 0.1) is 17.3 Å². The molecule has 0 fully saturated rings. The summed E-state index contributed by atoms with van der Waals surface area (Å²) in [4.78, 5) is 0. The summed E-state index contributed by atoms with van der Waals surface area (Å²) in [6.45, 7) is 11.1. The molecule has 0 N–H and O–H groups in total. The van der Waals surface area contributed by atoms with E-state index in [1.165, 1.54) is 0 Å². The first-order chi connectivity index (χ1) is 4.95. The maximum atomic E-state index is 5.89. The van der Waals surface area contributed by atoms with Gasteiger partial charge in [-0.05, 0) is 23.7 Å². The average molecular weight is 176 g/mol. The fourth-order valence-corrected chi connectivity index (χ4v) is 1.93. The van der Waals surface area contributed by atoms with Crippen LogP contribution in [0.4, 0.5) is 0 Å². The molecule has 0 atom stereocenters. The zero-order chi connectivity index (χ0) is 9.07. The molecule has 1 heteroatoms. The Labute approximate surface area is 76.3 Å². The van der Waals surface area contributed by atoms with Crippen molar-refractivity contribution in [3.8, 4) is 0 Å². The van der Waals surface area contributed by atoms with Crippen molar-refractivity contribution in [1.29, 1.82) is 0 Å². The summed E-state index contributed by atoms with van der Waals surface area (Å²) in [6, 6.07) is 0. The van der Waals surface area contributed by atoms with E-state index < -0.39 is 0 Å². The van der Waals surface area contributed by atoms with E-state index >= 15 is 0 Å². The van der Waals surface area contributed by atoms with Gasteiger partial charge in [0.15, 0.2) is 0 Å². The van der Waals surface area contributed by atoms with Crippen LogP contribution in [0.3, 0.4) is 0 Å². The van der Waals surface area contributed by atoms with Gasteiger partial charge < -0.3 is 0 Å². The molecule has 0 unspecified atom stereocenters. The van der Waals surface area contributed by atoms with Gasteiger partial charge in [0.2, 0.25) is 0 Å². The van der Waals surface area contributed by atoms with E-state index in [2.05, 4.69) is 34.6 Å². The fraction of sp³-hybridized carbons (Fsp3) is 0.900. The minimum atomic E-state index is 0.213. The monoisotopic (exact) mass is 175 g/mol. The number of halogens is 1. The Bertz CT molecular complexity index is 105. The van der Waals surface area contributed by atoms with Crippen molar-refractivity contribution in [2.75, 3.05) is 5.88 Å². The molecular formula is C10H20Cl. The molecule has 0 rings (SSSR count). The third kappa shape index (κ3) is 3.02. The van der Waals surface area contributed by atoms with Crippen LogP contribution in [0.2, 0.25) is 0 Å². The van der Waals surface area contributed by atoms with Gasteiger partial charge >= 0.3 is 0 Å². The van der Waals surface area contributed by atoms with Gasteiger partial charge in [-0.3, -0.25) is 0 Å². The lowest BCUT2D eigenvalue weighted by Gasteiger charge is -2.34. The van der Waals surface area contributed by atoms with Crippen molar-refractivity contribution in [1.82, 2.24) is 0 Å². The Morgan fingerprint density at radius 3 is 1.91 bits per heavy atom. The zero-order valence-electron chi connectivity index (χ0n) is 8.37. The lowest BCUT2D eigenvalue weighted by molar-refractivity contribution is 0.354. The molecule has 0 aliphatic rings. The molecule has 11 heavy (non-hydrogen) atoms. The van der Waals surface area contributed by atoms with Gasteiger partial charge in [0.05, 0.1) is 0 Å². The zero-order valence-corrected chi connectivity index (χ0v) is 9.13. The summed E-state index contributed by atoms with van der Waals surface area (Å²) >= 11 is 5.89. The molecule has 0 aromatic rings. The minimum absolute atomic E-state index is 0.213. The van der Waals surface area contributed by atoms with Crippen molar-refractivity contribution in [2.24, 2.45) is 11.3 Å². The maximum Gasteiger partial charge on any atom is 0.0280 e. The Morgan fingerprint density at radius 1 is 1.36 bits per heavy atom. The summed E-state index contributed by atoms with van der Waals surface area (Å²) in [7, 11) is 0. The van der Waals surface area contributed by atoms with Gasteiger partial charge in [-0.25, -0.2) is 0 Å². The lowest BCUT2D eigenvalue weighted by atomic mass is 9.73. The van der Waals surface area contributed by atoms with Gasteiger partial charge in [-0.2, -0.15) is 0 Å². The molecule has 0 nitrogen and oxygen atoms in total. The topological polar surface area (TPSA) is 0 Å². The second kappa shape index (κ2) is 4.35. The van der Waals surface area contributed by atoms with E-state index in [1.807, 2.05) is 0 Å². The Morgan fingerprint density at radius 2 is 1.82 bits per heavy atom. The largest absolute Gasteiger partial charge is 0.126 e. The third-order valence-corrected chi connectivity index (χ3v) is 2.95. The van der Waals surface area contributed by atoms with E-state index in [-0.39, 0.29) is 5.41 Å². The maximum absolute atomic E-state index is 5.89. The van der Waals surface area contributed by atoms with Crippen LogP contribution in [-0.4, -0.2) is 5.88 Å². The second-order valence-electron chi connectivity index (χ2n) is 4.05. The molecule has 0 heterocycles. The van der Waals surface area contributed by atoms with Gasteiger partial charge in [0.25, 0.3) is 0 Å². The summed E-state index contributed by atoms with van der Waals surface area (Å²) in [5, 5.41) is 0. The molecule has 0 amide bonds. The number of rotatable bonds is 4. The standard InChI is InChI=1S/C10H20Cl/c1-6-9(8(2)3)10(4,5)7-11/h8H,6-7H2,1-5H3. The minimum Gasteiger partial charge on any atom is -0.126 e. The van der Waals surface area contributed by atoms with Crippen LogP contribution in [-0.2, 0) is 0 Å². The number of hydrogen-bond acceptors (Lipinski definition) is 0. The molecular weight excluding hydrogens is 156 g/mol. The van der Waals surface area contributed by atoms with Crippen molar-refractivity contribution in [3.63, 3.8) is 0 Å². The quantitative estimate of drug-likeness (QED) is 0.569. The molecule has 0 aromatic carbocycles. The van der Waals surface area contributed by atoms with E-state index in [0.717, 1.165) is 12.3 Å². The summed E-state index contributed by atoms with van der Waals surface area (Å²) < 4.78 is 0. The Hall–Kier alpha value is 0.290. The van der Waals surface area contributed by atoms with Gasteiger partial charge in [-0.1, -0.05) is 34.6 Å². The highest BCUT2D eigenvalue weighted by molar-refractivity contribution is 6.18. The SMILES string of the molecule is CC[C](C(C)C)C(C)(C)CCl. The van der Waals surface area contributed by atoms with Crippen LogP contribution in [0.1, 0.15) is 41.0 Å². The molecule has 1 radical (unpaired) electrons. The van der Waals surface area contributed by atoms with Crippen LogP contribution in [0.5, 0.6) is 0 Å². The molecule has 67 valence electrons. The van der Waals surface area contributed by atoms with E-state index in [4.69, 9.17) is 11.6 Å². The second-order valence-corrected chi connectivity index (χ2v) is 4.32.